The molecule has 1 saturated heterocycles. The quantitative estimate of drug-likeness (QED) is 0.741. The Morgan fingerprint density at radius 1 is 1.36 bits per heavy atom. The van der Waals surface area contributed by atoms with Gasteiger partial charge in [0.05, 0.1) is 0 Å². The number of hydrogen-bond donors (Lipinski definition) is 1. The Morgan fingerprint density at radius 2 is 2.14 bits per heavy atom. The minimum absolute atomic E-state index is 0.703. The minimum atomic E-state index is 0.703. The third kappa shape index (κ3) is 1.96. The lowest BCUT2D eigenvalue weighted by molar-refractivity contribution is 0.164. The summed E-state index contributed by atoms with van der Waals surface area (Å²) in [5.74, 6) is 2.46. The molecule has 1 heterocycles. The molecule has 0 amide bonds. The number of likely N-dealkylation sites (tertiary alicyclic amines) is 1. The third-order valence-corrected chi connectivity index (χ3v) is 4.24. The zero-order chi connectivity index (χ0) is 10.1. The Balaban J connectivity index is 1.85. The van der Waals surface area contributed by atoms with Crippen LogP contribution in [0.1, 0.15) is 33.1 Å². The molecule has 2 fully saturated rings. The number of nitrogens with zero attached hydrogens (tertiary/aromatic N) is 1. The van der Waals surface area contributed by atoms with Gasteiger partial charge in [0.25, 0.3) is 0 Å². The fraction of sp³-hybridized carbons (Fsp3) is 1.00. The zero-order valence-corrected chi connectivity index (χ0v) is 9.58. The van der Waals surface area contributed by atoms with Crippen LogP contribution in [0.4, 0.5) is 0 Å². The number of nitrogens with two attached hydrogens (primary N) is 1. The molecule has 2 rings (SSSR count). The topological polar surface area (TPSA) is 29.3 Å². The average Bonchev–Trinajstić information content (AvgIpc) is 2.74. The molecule has 2 bridgehead atoms. The monoisotopic (exact) mass is 196 g/mol. The van der Waals surface area contributed by atoms with E-state index in [-0.39, 0.29) is 0 Å². The van der Waals surface area contributed by atoms with Crippen LogP contribution in [0, 0.1) is 17.8 Å². The molecule has 0 spiro atoms. The number of hydrogen-bond acceptors (Lipinski definition) is 2. The Kier molecular flexibility index (Phi) is 3.13. The molecular weight excluding hydrogens is 172 g/mol. The molecule has 2 nitrogen and oxygen atoms in total. The highest BCUT2D eigenvalue weighted by Crippen LogP contribution is 2.37. The van der Waals surface area contributed by atoms with Crippen LogP contribution in [-0.2, 0) is 0 Å². The molecule has 3 atom stereocenters. The van der Waals surface area contributed by atoms with Crippen LogP contribution in [-0.4, -0.2) is 30.6 Å². The van der Waals surface area contributed by atoms with Crippen molar-refractivity contribution in [3.63, 3.8) is 0 Å². The van der Waals surface area contributed by atoms with Gasteiger partial charge in [0, 0.05) is 19.1 Å². The lowest BCUT2D eigenvalue weighted by Crippen LogP contribution is -2.39. The van der Waals surface area contributed by atoms with Crippen molar-refractivity contribution in [2.45, 2.75) is 39.2 Å². The zero-order valence-electron chi connectivity index (χ0n) is 9.58. The van der Waals surface area contributed by atoms with E-state index in [0.717, 1.165) is 24.4 Å². The largest absolute Gasteiger partial charge is 0.330 e. The second-order valence-corrected chi connectivity index (χ2v) is 5.53. The van der Waals surface area contributed by atoms with E-state index in [1.807, 2.05) is 0 Å². The Bertz CT molecular complexity index is 191. The fourth-order valence-corrected chi connectivity index (χ4v) is 3.11. The van der Waals surface area contributed by atoms with Gasteiger partial charge < -0.3 is 5.73 Å². The van der Waals surface area contributed by atoms with E-state index >= 15 is 0 Å². The average molecular weight is 196 g/mol. The first kappa shape index (κ1) is 10.4. The van der Waals surface area contributed by atoms with Crippen molar-refractivity contribution >= 4 is 0 Å². The number of fused-ring (bicyclic) bond motifs is 2. The van der Waals surface area contributed by atoms with Crippen molar-refractivity contribution in [1.82, 2.24) is 4.90 Å². The molecule has 14 heavy (non-hydrogen) atoms. The van der Waals surface area contributed by atoms with E-state index in [2.05, 4.69) is 18.7 Å². The van der Waals surface area contributed by atoms with Gasteiger partial charge in [-0.2, -0.15) is 0 Å². The lowest BCUT2D eigenvalue weighted by Gasteiger charge is -2.31. The first-order valence-electron chi connectivity index (χ1n) is 6.14. The molecule has 1 aliphatic carbocycles. The highest BCUT2D eigenvalue weighted by atomic mass is 15.2. The SMILES string of the molecule is CC(C)C(CN)CN1CC2CCC1C2. The summed E-state index contributed by atoms with van der Waals surface area (Å²) in [6, 6.07) is 0.910. The van der Waals surface area contributed by atoms with E-state index in [1.165, 1.54) is 32.4 Å². The number of rotatable bonds is 4. The first-order chi connectivity index (χ1) is 6.70. The summed E-state index contributed by atoms with van der Waals surface area (Å²) in [6.45, 7) is 8.05. The third-order valence-electron chi connectivity index (χ3n) is 4.24. The molecule has 0 aromatic heterocycles. The van der Waals surface area contributed by atoms with Crippen LogP contribution in [0.25, 0.3) is 0 Å². The van der Waals surface area contributed by atoms with E-state index in [0.29, 0.717) is 5.92 Å². The van der Waals surface area contributed by atoms with Gasteiger partial charge in [-0.1, -0.05) is 13.8 Å². The maximum absolute atomic E-state index is 5.82. The van der Waals surface area contributed by atoms with Gasteiger partial charge >= 0.3 is 0 Å². The van der Waals surface area contributed by atoms with E-state index < -0.39 is 0 Å². The van der Waals surface area contributed by atoms with Gasteiger partial charge in [0.2, 0.25) is 0 Å². The van der Waals surface area contributed by atoms with E-state index in [1.54, 1.807) is 0 Å². The summed E-state index contributed by atoms with van der Waals surface area (Å²) >= 11 is 0. The fourth-order valence-electron chi connectivity index (χ4n) is 3.11. The molecule has 0 aromatic carbocycles. The van der Waals surface area contributed by atoms with Crippen molar-refractivity contribution in [3.05, 3.63) is 0 Å². The molecular formula is C12H24N2. The van der Waals surface area contributed by atoms with Gasteiger partial charge in [-0.25, -0.2) is 0 Å². The van der Waals surface area contributed by atoms with Crippen molar-refractivity contribution in [2.24, 2.45) is 23.5 Å². The maximum atomic E-state index is 5.82. The standard InChI is InChI=1S/C12H24N2/c1-9(2)11(6-13)8-14-7-10-3-4-12(14)5-10/h9-12H,3-8,13H2,1-2H3. The summed E-state index contributed by atoms with van der Waals surface area (Å²) in [4.78, 5) is 2.70. The van der Waals surface area contributed by atoms with E-state index in [4.69, 9.17) is 5.73 Å². The predicted molar refractivity (Wildman–Crippen MR) is 60.1 cm³/mol. The maximum Gasteiger partial charge on any atom is 0.00987 e. The molecule has 2 aliphatic rings. The predicted octanol–water partition coefficient (Wildman–Crippen LogP) is 1.70. The lowest BCUT2D eigenvalue weighted by atomic mass is 9.94. The molecule has 0 aromatic rings. The normalized spacial score (nSPS) is 34.3. The highest BCUT2D eigenvalue weighted by Gasteiger charge is 2.38. The highest BCUT2D eigenvalue weighted by molar-refractivity contribution is 4.92. The van der Waals surface area contributed by atoms with Gasteiger partial charge in [-0.05, 0) is 43.6 Å². The molecule has 1 aliphatic heterocycles. The summed E-state index contributed by atoms with van der Waals surface area (Å²) in [5.41, 5.74) is 5.82. The summed E-state index contributed by atoms with van der Waals surface area (Å²) in [5, 5.41) is 0. The summed E-state index contributed by atoms with van der Waals surface area (Å²) in [6.07, 6.45) is 4.39. The van der Waals surface area contributed by atoms with Crippen molar-refractivity contribution in [1.29, 1.82) is 0 Å². The molecule has 2 N–H and O–H groups in total. The van der Waals surface area contributed by atoms with Gasteiger partial charge in [0.1, 0.15) is 0 Å². The van der Waals surface area contributed by atoms with Crippen molar-refractivity contribution in [2.75, 3.05) is 19.6 Å². The van der Waals surface area contributed by atoms with Crippen LogP contribution in [0.15, 0.2) is 0 Å². The smallest absolute Gasteiger partial charge is 0.00987 e. The molecule has 0 radical (unpaired) electrons. The molecule has 1 saturated carbocycles. The molecule has 2 heteroatoms. The van der Waals surface area contributed by atoms with Crippen LogP contribution in [0.2, 0.25) is 0 Å². The summed E-state index contributed by atoms with van der Waals surface area (Å²) < 4.78 is 0. The Labute approximate surface area is 87.8 Å². The van der Waals surface area contributed by atoms with Crippen molar-refractivity contribution < 1.29 is 0 Å². The van der Waals surface area contributed by atoms with Gasteiger partial charge in [-0.15, -0.1) is 0 Å². The second-order valence-electron chi connectivity index (χ2n) is 5.53. The molecule has 82 valence electrons. The first-order valence-corrected chi connectivity index (χ1v) is 6.14. The van der Waals surface area contributed by atoms with Crippen molar-refractivity contribution in [3.8, 4) is 0 Å². The van der Waals surface area contributed by atoms with Gasteiger partial charge in [0.15, 0.2) is 0 Å². The molecule has 3 unspecified atom stereocenters. The minimum Gasteiger partial charge on any atom is -0.330 e. The van der Waals surface area contributed by atoms with Crippen LogP contribution in [0.5, 0.6) is 0 Å². The van der Waals surface area contributed by atoms with Crippen LogP contribution >= 0.6 is 0 Å². The van der Waals surface area contributed by atoms with Crippen LogP contribution < -0.4 is 5.73 Å². The van der Waals surface area contributed by atoms with E-state index in [9.17, 15) is 0 Å². The Hall–Kier alpha value is -0.0800. The van der Waals surface area contributed by atoms with Crippen LogP contribution in [0.3, 0.4) is 0 Å². The second kappa shape index (κ2) is 4.19. The number of piperidine rings is 1. The Morgan fingerprint density at radius 3 is 2.57 bits per heavy atom. The summed E-state index contributed by atoms with van der Waals surface area (Å²) in [7, 11) is 0. The van der Waals surface area contributed by atoms with Gasteiger partial charge in [-0.3, -0.25) is 4.90 Å².